The van der Waals surface area contributed by atoms with Gasteiger partial charge in [0.15, 0.2) is 5.13 Å². The lowest BCUT2D eigenvalue weighted by Gasteiger charge is -2.12. The fourth-order valence-corrected chi connectivity index (χ4v) is 4.47. The van der Waals surface area contributed by atoms with Crippen molar-refractivity contribution < 1.29 is 14.3 Å². The second-order valence-corrected chi connectivity index (χ2v) is 8.84. The highest BCUT2D eigenvalue weighted by Crippen LogP contribution is 2.28. The van der Waals surface area contributed by atoms with Crippen LogP contribution in [0.4, 0.5) is 5.13 Å². The van der Waals surface area contributed by atoms with E-state index in [0.29, 0.717) is 17.4 Å². The maximum Gasteiger partial charge on any atom is 0.311 e. The molecule has 8 heteroatoms. The predicted octanol–water partition coefficient (Wildman–Crippen LogP) is 4.53. The number of aryl methyl sites for hydroxylation is 2. The normalized spacial score (nSPS) is 12.0. The van der Waals surface area contributed by atoms with E-state index < -0.39 is 0 Å². The van der Waals surface area contributed by atoms with Crippen molar-refractivity contribution in [2.24, 2.45) is 0 Å². The average molecular weight is 430 g/mol. The number of nitrogens with zero attached hydrogens (tertiary/aromatic N) is 2. The molecule has 0 bridgehead atoms. The van der Waals surface area contributed by atoms with Crippen LogP contribution in [0.5, 0.6) is 0 Å². The largest absolute Gasteiger partial charge is 0.466 e. The van der Waals surface area contributed by atoms with Gasteiger partial charge in [-0.15, -0.1) is 11.3 Å². The van der Waals surface area contributed by atoms with Crippen LogP contribution in [0, 0.1) is 13.8 Å². The first-order chi connectivity index (χ1) is 13.9. The van der Waals surface area contributed by atoms with Crippen LogP contribution < -0.4 is 5.32 Å². The van der Waals surface area contributed by atoms with Gasteiger partial charge in [-0.1, -0.05) is 30.0 Å². The fraction of sp³-hybridized carbons (Fsp3) is 0.333. The summed E-state index contributed by atoms with van der Waals surface area (Å²) in [5.41, 5.74) is 3.80. The fourth-order valence-electron chi connectivity index (χ4n) is 2.84. The number of ether oxygens (including phenoxy) is 1. The van der Waals surface area contributed by atoms with Crippen molar-refractivity contribution in [3.8, 4) is 0 Å². The molecule has 1 atom stereocenters. The molecule has 0 radical (unpaired) electrons. The number of rotatable bonds is 7. The molecule has 0 aliphatic carbocycles. The molecular formula is C21H23N3O3S2. The lowest BCUT2D eigenvalue weighted by molar-refractivity contribution is -0.142. The maximum atomic E-state index is 12.6. The Labute approximate surface area is 178 Å². The van der Waals surface area contributed by atoms with E-state index >= 15 is 0 Å². The maximum absolute atomic E-state index is 12.6. The van der Waals surface area contributed by atoms with Gasteiger partial charge in [0.1, 0.15) is 0 Å². The number of esters is 1. The summed E-state index contributed by atoms with van der Waals surface area (Å²) in [5, 5.41) is 6.64. The summed E-state index contributed by atoms with van der Waals surface area (Å²) in [6.07, 6.45) is 0.101. The van der Waals surface area contributed by atoms with Gasteiger partial charge in [0.2, 0.25) is 5.91 Å². The van der Waals surface area contributed by atoms with E-state index in [1.54, 1.807) is 12.3 Å². The number of benzene rings is 1. The first kappa shape index (κ1) is 21.3. The molecule has 1 aromatic carbocycles. The van der Waals surface area contributed by atoms with Crippen molar-refractivity contribution >= 4 is 51.0 Å². The average Bonchev–Trinajstić information content (AvgIpc) is 3.09. The zero-order chi connectivity index (χ0) is 21.0. The van der Waals surface area contributed by atoms with Gasteiger partial charge in [0.25, 0.3) is 0 Å². The second-order valence-electron chi connectivity index (χ2n) is 6.62. The van der Waals surface area contributed by atoms with E-state index in [2.05, 4.69) is 23.3 Å². The van der Waals surface area contributed by atoms with Crippen molar-refractivity contribution in [2.45, 2.75) is 44.4 Å². The number of nitrogens with one attached hydrogen (secondary N) is 1. The number of fused-ring (bicyclic) bond motifs is 1. The lowest BCUT2D eigenvalue weighted by atomic mass is 10.1. The Morgan fingerprint density at radius 1 is 1.24 bits per heavy atom. The van der Waals surface area contributed by atoms with Crippen molar-refractivity contribution in [2.75, 3.05) is 11.9 Å². The summed E-state index contributed by atoms with van der Waals surface area (Å²) in [4.78, 5) is 33.2. The number of hydrogen-bond donors (Lipinski definition) is 1. The van der Waals surface area contributed by atoms with Crippen LogP contribution in [0.25, 0.3) is 10.9 Å². The van der Waals surface area contributed by atoms with Crippen molar-refractivity contribution in [3.05, 3.63) is 46.5 Å². The summed E-state index contributed by atoms with van der Waals surface area (Å²) in [6, 6.07) is 8.14. The Morgan fingerprint density at radius 3 is 2.79 bits per heavy atom. The van der Waals surface area contributed by atoms with E-state index in [4.69, 9.17) is 9.72 Å². The number of amides is 1. The molecule has 3 aromatic rings. The van der Waals surface area contributed by atoms with E-state index in [-0.39, 0.29) is 23.5 Å². The van der Waals surface area contributed by atoms with Gasteiger partial charge < -0.3 is 10.1 Å². The zero-order valence-corrected chi connectivity index (χ0v) is 18.4. The van der Waals surface area contributed by atoms with E-state index in [9.17, 15) is 9.59 Å². The molecule has 1 N–H and O–H groups in total. The molecule has 2 aromatic heterocycles. The highest BCUT2D eigenvalue weighted by molar-refractivity contribution is 8.00. The molecule has 152 valence electrons. The molecular weight excluding hydrogens is 406 g/mol. The molecule has 2 heterocycles. The van der Waals surface area contributed by atoms with Crippen LogP contribution in [0.15, 0.2) is 34.7 Å². The minimum Gasteiger partial charge on any atom is -0.466 e. The molecule has 0 fully saturated rings. The minimum absolute atomic E-state index is 0.101. The summed E-state index contributed by atoms with van der Waals surface area (Å²) < 4.78 is 4.92. The van der Waals surface area contributed by atoms with E-state index in [1.807, 2.05) is 32.0 Å². The monoisotopic (exact) mass is 429 g/mol. The van der Waals surface area contributed by atoms with Gasteiger partial charge in [0, 0.05) is 10.8 Å². The van der Waals surface area contributed by atoms with Crippen molar-refractivity contribution in [1.29, 1.82) is 0 Å². The van der Waals surface area contributed by atoms with Gasteiger partial charge in [-0.05, 0) is 44.9 Å². The summed E-state index contributed by atoms with van der Waals surface area (Å²) in [7, 11) is 0. The third kappa shape index (κ3) is 5.33. The lowest BCUT2D eigenvalue weighted by Crippen LogP contribution is -2.22. The molecule has 3 rings (SSSR count). The van der Waals surface area contributed by atoms with Gasteiger partial charge >= 0.3 is 5.97 Å². The highest BCUT2D eigenvalue weighted by atomic mass is 32.2. The third-order valence-corrected chi connectivity index (χ3v) is 6.13. The van der Waals surface area contributed by atoms with Gasteiger partial charge in [-0.3, -0.25) is 9.59 Å². The standard InChI is InChI=1S/C21H23N3O3S2/c1-5-27-18(25)10-15-11-28-21(22-15)24-20(26)14(4)29-17-9-13(3)16-8-6-7-12(2)19(16)23-17/h6-9,11,14H,5,10H2,1-4H3,(H,22,24,26). The molecule has 0 aliphatic rings. The third-order valence-electron chi connectivity index (χ3n) is 4.30. The first-order valence-electron chi connectivity index (χ1n) is 9.32. The van der Waals surface area contributed by atoms with Crippen LogP contribution in [0.3, 0.4) is 0 Å². The highest BCUT2D eigenvalue weighted by Gasteiger charge is 2.18. The summed E-state index contributed by atoms with van der Waals surface area (Å²) in [5.74, 6) is -0.482. The number of para-hydroxylation sites is 1. The molecule has 0 spiro atoms. The second kappa shape index (κ2) is 9.37. The molecule has 1 amide bonds. The summed E-state index contributed by atoms with van der Waals surface area (Å²) in [6.45, 7) is 8.03. The molecule has 29 heavy (non-hydrogen) atoms. The van der Waals surface area contributed by atoms with Gasteiger partial charge in [0.05, 0.1) is 34.5 Å². The Kier molecular flexibility index (Phi) is 6.87. The topological polar surface area (TPSA) is 81.2 Å². The minimum atomic E-state index is -0.347. The molecule has 0 saturated carbocycles. The number of pyridine rings is 1. The summed E-state index contributed by atoms with van der Waals surface area (Å²) >= 11 is 2.70. The Hall–Kier alpha value is -2.45. The van der Waals surface area contributed by atoms with Crippen LogP contribution in [-0.2, 0) is 20.7 Å². The molecule has 0 saturated heterocycles. The van der Waals surface area contributed by atoms with Crippen LogP contribution in [-0.4, -0.2) is 33.7 Å². The number of anilines is 1. The Balaban J connectivity index is 1.65. The number of thiazole rings is 1. The van der Waals surface area contributed by atoms with Crippen molar-refractivity contribution in [3.63, 3.8) is 0 Å². The Morgan fingerprint density at radius 2 is 2.03 bits per heavy atom. The number of aromatic nitrogens is 2. The number of carbonyl (C=O) groups is 2. The van der Waals surface area contributed by atoms with E-state index in [1.165, 1.54) is 23.1 Å². The predicted molar refractivity (Wildman–Crippen MR) is 118 cm³/mol. The number of carbonyl (C=O) groups excluding carboxylic acids is 2. The number of thioether (sulfide) groups is 1. The van der Waals surface area contributed by atoms with Gasteiger partial charge in [-0.25, -0.2) is 9.97 Å². The van der Waals surface area contributed by atoms with Crippen LogP contribution in [0.2, 0.25) is 0 Å². The zero-order valence-electron chi connectivity index (χ0n) is 16.8. The van der Waals surface area contributed by atoms with Crippen LogP contribution in [0.1, 0.15) is 30.7 Å². The molecule has 1 unspecified atom stereocenters. The van der Waals surface area contributed by atoms with Gasteiger partial charge in [-0.2, -0.15) is 0 Å². The SMILES string of the molecule is CCOC(=O)Cc1csc(NC(=O)C(C)Sc2cc(C)c3cccc(C)c3n2)n1. The van der Waals surface area contributed by atoms with Crippen molar-refractivity contribution in [1.82, 2.24) is 9.97 Å². The van der Waals surface area contributed by atoms with Crippen LogP contribution >= 0.6 is 23.1 Å². The first-order valence-corrected chi connectivity index (χ1v) is 11.1. The van der Waals surface area contributed by atoms with E-state index in [0.717, 1.165) is 27.1 Å². The molecule has 0 aliphatic heterocycles. The number of hydrogen-bond acceptors (Lipinski definition) is 7. The Bertz CT molecular complexity index is 1050. The smallest absolute Gasteiger partial charge is 0.311 e. The molecule has 6 nitrogen and oxygen atoms in total. The quantitative estimate of drug-likeness (QED) is 0.439.